The largest absolute Gasteiger partial charge is 0.357 e. The van der Waals surface area contributed by atoms with Crippen LogP contribution in [-0.2, 0) is 16.0 Å². The van der Waals surface area contributed by atoms with E-state index in [4.69, 9.17) is 0 Å². The number of hydrogen-bond acceptors (Lipinski definition) is 3. The maximum atomic E-state index is 12.8. The Labute approximate surface area is 186 Å². The van der Waals surface area contributed by atoms with Crippen molar-refractivity contribution < 1.29 is 9.59 Å². The van der Waals surface area contributed by atoms with Gasteiger partial charge in [0.15, 0.2) is 5.96 Å². The molecule has 7 nitrogen and oxygen atoms in total. The van der Waals surface area contributed by atoms with Crippen molar-refractivity contribution >= 4 is 17.8 Å². The Balaban J connectivity index is 1.41. The minimum absolute atomic E-state index is 0.0849. The van der Waals surface area contributed by atoms with Crippen LogP contribution in [0.1, 0.15) is 51.0 Å². The van der Waals surface area contributed by atoms with Crippen LogP contribution in [0.5, 0.6) is 0 Å². The molecule has 2 amide bonds. The minimum Gasteiger partial charge on any atom is -0.357 e. The molecule has 3 rings (SSSR count). The van der Waals surface area contributed by atoms with Crippen molar-refractivity contribution in [2.75, 3.05) is 32.7 Å². The number of guanidine groups is 1. The molecule has 1 aliphatic heterocycles. The Morgan fingerprint density at radius 1 is 1.06 bits per heavy atom. The van der Waals surface area contributed by atoms with E-state index in [1.165, 1.54) is 24.8 Å². The van der Waals surface area contributed by atoms with Crippen LogP contribution in [-0.4, -0.2) is 61.4 Å². The summed E-state index contributed by atoms with van der Waals surface area (Å²) in [5.41, 5.74) is 1.20. The molecule has 1 unspecified atom stereocenters. The van der Waals surface area contributed by atoms with Crippen LogP contribution in [0.15, 0.2) is 35.3 Å². The SMILES string of the molecule is CCNC(=NCC(=O)NCCc1ccccc1)NC1CCN(C(=O)C2CCCCC2)C1. The van der Waals surface area contributed by atoms with Crippen LogP contribution in [0, 0.1) is 5.92 Å². The first-order valence-corrected chi connectivity index (χ1v) is 11.8. The minimum atomic E-state index is -0.0892. The molecule has 2 aliphatic rings. The van der Waals surface area contributed by atoms with E-state index in [0.717, 1.165) is 38.8 Å². The number of aliphatic imine (C=N–C) groups is 1. The molecule has 1 heterocycles. The lowest BCUT2D eigenvalue weighted by molar-refractivity contribution is -0.135. The van der Waals surface area contributed by atoms with Gasteiger partial charge in [-0.25, -0.2) is 4.99 Å². The first kappa shape index (κ1) is 23.1. The summed E-state index contributed by atoms with van der Waals surface area (Å²) in [6, 6.07) is 10.3. The maximum absolute atomic E-state index is 12.8. The van der Waals surface area contributed by atoms with E-state index in [1.54, 1.807) is 0 Å². The number of nitrogens with zero attached hydrogens (tertiary/aromatic N) is 2. The second kappa shape index (κ2) is 12.3. The number of likely N-dealkylation sites (tertiary alicyclic amines) is 1. The molecular formula is C24H37N5O2. The van der Waals surface area contributed by atoms with Gasteiger partial charge in [-0.2, -0.15) is 0 Å². The number of hydrogen-bond donors (Lipinski definition) is 3. The van der Waals surface area contributed by atoms with E-state index >= 15 is 0 Å². The number of benzene rings is 1. The van der Waals surface area contributed by atoms with Crippen LogP contribution >= 0.6 is 0 Å². The van der Waals surface area contributed by atoms with E-state index in [0.29, 0.717) is 25.0 Å². The fourth-order valence-electron chi connectivity index (χ4n) is 4.40. The highest BCUT2D eigenvalue weighted by atomic mass is 16.2. The van der Waals surface area contributed by atoms with E-state index in [-0.39, 0.29) is 24.4 Å². The lowest BCUT2D eigenvalue weighted by Gasteiger charge is -2.26. The molecule has 1 aliphatic carbocycles. The Kier molecular flexibility index (Phi) is 9.18. The molecule has 1 atom stereocenters. The number of amides is 2. The van der Waals surface area contributed by atoms with Crippen molar-refractivity contribution in [2.45, 2.75) is 57.9 Å². The zero-order valence-corrected chi connectivity index (χ0v) is 18.7. The summed E-state index contributed by atoms with van der Waals surface area (Å²) in [5, 5.41) is 9.54. The van der Waals surface area contributed by atoms with Crippen molar-refractivity contribution in [3.8, 4) is 0 Å². The maximum Gasteiger partial charge on any atom is 0.241 e. The monoisotopic (exact) mass is 427 g/mol. The first-order chi connectivity index (χ1) is 15.2. The summed E-state index contributed by atoms with van der Waals surface area (Å²) in [5.74, 6) is 1.09. The van der Waals surface area contributed by atoms with Gasteiger partial charge in [0.05, 0.1) is 0 Å². The normalized spacial score (nSPS) is 19.8. The van der Waals surface area contributed by atoms with Crippen LogP contribution in [0.25, 0.3) is 0 Å². The number of carbonyl (C=O) groups is 2. The van der Waals surface area contributed by atoms with Gasteiger partial charge < -0.3 is 20.9 Å². The van der Waals surface area contributed by atoms with Crippen molar-refractivity contribution in [2.24, 2.45) is 10.9 Å². The molecule has 3 N–H and O–H groups in total. The average Bonchev–Trinajstić information content (AvgIpc) is 3.27. The van der Waals surface area contributed by atoms with Crippen molar-refractivity contribution in [1.82, 2.24) is 20.9 Å². The summed E-state index contributed by atoms with van der Waals surface area (Å²) in [6.07, 6.45) is 7.41. The summed E-state index contributed by atoms with van der Waals surface area (Å²) in [4.78, 5) is 31.4. The summed E-state index contributed by atoms with van der Waals surface area (Å²) in [7, 11) is 0. The highest BCUT2D eigenvalue weighted by molar-refractivity contribution is 5.85. The second-order valence-corrected chi connectivity index (χ2v) is 8.53. The highest BCUT2D eigenvalue weighted by Crippen LogP contribution is 2.26. The van der Waals surface area contributed by atoms with Gasteiger partial charge in [-0.05, 0) is 38.2 Å². The number of rotatable bonds is 8. The van der Waals surface area contributed by atoms with Gasteiger partial charge in [0, 0.05) is 38.1 Å². The van der Waals surface area contributed by atoms with Gasteiger partial charge in [-0.1, -0.05) is 49.6 Å². The lowest BCUT2D eigenvalue weighted by Crippen LogP contribution is -2.46. The molecule has 0 spiro atoms. The highest BCUT2D eigenvalue weighted by Gasteiger charge is 2.31. The Morgan fingerprint density at radius 2 is 1.84 bits per heavy atom. The zero-order valence-electron chi connectivity index (χ0n) is 18.7. The second-order valence-electron chi connectivity index (χ2n) is 8.53. The predicted octanol–water partition coefficient (Wildman–Crippen LogP) is 2.08. The van der Waals surface area contributed by atoms with Crippen molar-refractivity contribution in [3.63, 3.8) is 0 Å². The molecule has 7 heteroatoms. The van der Waals surface area contributed by atoms with Gasteiger partial charge in [0.25, 0.3) is 0 Å². The third-order valence-corrected chi connectivity index (χ3v) is 6.10. The van der Waals surface area contributed by atoms with Crippen molar-refractivity contribution in [1.29, 1.82) is 0 Å². The quantitative estimate of drug-likeness (QED) is 0.438. The third-order valence-electron chi connectivity index (χ3n) is 6.10. The fourth-order valence-corrected chi connectivity index (χ4v) is 4.40. The average molecular weight is 428 g/mol. The van der Waals surface area contributed by atoms with Gasteiger partial charge in [0.1, 0.15) is 6.54 Å². The van der Waals surface area contributed by atoms with Gasteiger partial charge in [0.2, 0.25) is 11.8 Å². The molecule has 1 saturated heterocycles. The molecule has 0 bridgehead atoms. The van der Waals surface area contributed by atoms with E-state index in [1.807, 2.05) is 30.0 Å². The van der Waals surface area contributed by atoms with Crippen LogP contribution in [0.2, 0.25) is 0 Å². The van der Waals surface area contributed by atoms with Crippen LogP contribution < -0.4 is 16.0 Å². The van der Waals surface area contributed by atoms with E-state index in [2.05, 4.69) is 33.1 Å². The molecule has 31 heavy (non-hydrogen) atoms. The molecule has 1 aromatic rings. The van der Waals surface area contributed by atoms with Gasteiger partial charge in [-0.3, -0.25) is 9.59 Å². The third kappa shape index (κ3) is 7.56. The van der Waals surface area contributed by atoms with E-state index in [9.17, 15) is 9.59 Å². The zero-order chi connectivity index (χ0) is 21.9. The number of carbonyl (C=O) groups excluding carboxylic acids is 2. The molecule has 0 aromatic heterocycles. The van der Waals surface area contributed by atoms with Crippen LogP contribution in [0.3, 0.4) is 0 Å². The first-order valence-electron chi connectivity index (χ1n) is 11.8. The molecular weight excluding hydrogens is 390 g/mol. The molecule has 1 saturated carbocycles. The van der Waals surface area contributed by atoms with E-state index < -0.39 is 0 Å². The topological polar surface area (TPSA) is 85.8 Å². The summed E-state index contributed by atoms with van der Waals surface area (Å²) in [6.45, 7) is 4.92. The fraction of sp³-hybridized carbons (Fsp3) is 0.625. The lowest BCUT2D eigenvalue weighted by atomic mass is 9.88. The summed E-state index contributed by atoms with van der Waals surface area (Å²) < 4.78 is 0. The smallest absolute Gasteiger partial charge is 0.241 e. The van der Waals surface area contributed by atoms with Gasteiger partial charge >= 0.3 is 0 Å². The number of nitrogens with one attached hydrogen (secondary N) is 3. The molecule has 0 radical (unpaired) electrons. The molecule has 1 aromatic carbocycles. The van der Waals surface area contributed by atoms with Gasteiger partial charge in [-0.15, -0.1) is 0 Å². The van der Waals surface area contributed by atoms with Crippen molar-refractivity contribution in [3.05, 3.63) is 35.9 Å². The van der Waals surface area contributed by atoms with Crippen LogP contribution in [0.4, 0.5) is 0 Å². The molecule has 170 valence electrons. The summed E-state index contributed by atoms with van der Waals surface area (Å²) >= 11 is 0. The molecule has 2 fully saturated rings. The Bertz CT molecular complexity index is 731. The standard InChI is InChI=1S/C24H37N5O2/c1-2-25-24(27-17-22(30)26-15-13-19-9-5-3-6-10-19)28-21-14-16-29(18-21)23(31)20-11-7-4-8-12-20/h3,5-6,9-10,20-21H,2,4,7-8,11-18H2,1H3,(H,26,30)(H2,25,27,28). The Morgan fingerprint density at radius 3 is 2.58 bits per heavy atom. The Hall–Kier alpha value is -2.57. The predicted molar refractivity (Wildman–Crippen MR) is 124 cm³/mol.